The molecule has 102 valence electrons. The van der Waals surface area contributed by atoms with Gasteiger partial charge in [0.05, 0.1) is 10.6 Å². The van der Waals surface area contributed by atoms with Gasteiger partial charge in [0.1, 0.15) is 6.04 Å². The molecule has 1 amide bonds. The van der Waals surface area contributed by atoms with E-state index in [-0.39, 0.29) is 5.91 Å². The molecule has 2 rings (SSSR count). The Morgan fingerprint density at radius 3 is 2.84 bits per heavy atom. The number of amides is 1. The lowest BCUT2D eigenvalue weighted by atomic mass is 10.1. The van der Waals surface area contributed by atoms with Crippen molar-refractivity contribution in [3.63, 3.8) is 0 Å². The smallest absolute Gasteiger partial charge is 0.326 e. The molecule has 1 heterocycles. The van der Waals surface area contributed by atoms with Crippen molar-refractivity contribution in [1.29, 1.82) is 0 Å². The maximum Gasteiger partial charge on any atom is 0.326 e. The molecular formula is C13H14ClNO3S. The Morgan fingerprint density at radius 2 is 2.21 bits per heavy atom. The van der Waals surface area contributed by atoms with Crippen molar-refractivity contribution >= 4 is 35.2 Å². The fourth-order valence-corrected chi connectivity index (χ4v) is 2.85. The quantitative estimate of drug-likeness (QED) is 0.872. The molecule has 1 N–H and O–H groups in total. The number of thioether (sulfide) groups is 1. The zero-order valence-electron chi connectivity index (χ0n) is 10.4. The number of rotatable bonds is 3. The summed E-state index contributed by atoms with van der Waals surface area (Å²) >= 11 is 7.56. The van der Waals surface area contributed by atoms with Crippen LogP contribution >= 0.6 is 23.4 Å². The minimum Gasteiger partial charge on any atom is -0.480 e. The number of carboxylic acid groups (broad SMARTS) is 1. The summed E-state index contributed by atoms with van der Waals surface area (Å²) in [6, 6.07) is 4.49. The van der Waals surface area contributed by atoms with Crippen LogP contribution in [0.1, 0.15) is 23.2 Å². The van der Waals surface area contributed by atoms with Crippen molar-refractivity contribution < 1.29 is 14.7 Å². The number of likely N-dealkylation sites (tertiary alicyclic amines) is 1. The third kappa shape index (κ3) is 2.87. The molecule has 1 atom stereocenters. The van der Waals surface area contributed by atoms with E-state index in [1.807, 2.05) is 12.3 Å². The first kappa shape index (κ1) is 14.2. The maximum absolute atomic E-state index is 12.4. The highest BCUT2D eigenvalue weighted by atomic mass is 35.5. The van der Waals surface area contributed by atoms with Crippen molar-refractivity contribution in [2.75, 3.05) is 12.8 Å². The van der Waals surface area contributed by atoms with Crippen molar-refractivity contribution in [1.82, 2.24) is 4.90 Å². The van der Waals surface area contributed by atoms with Crippen LogP contribution in [0.25, 0.3) is 0 Å². The number of nitrogens with zero attached hydrogens (tertiary/aromatic N) is 1. The first-order valence-corrected chi connectivity index (χ1v) is 7.52. The van der Waals surface area contributed by atoms with Crippen LogP contribution < -0.4 is 0 Å². The van der Waals surface area contributed by atoms with Gasteiger partial charge >= 0.3 is 5.97 Å². The molecule has 1 aliphatic rings. The second-order valence-electron chi connectivity index (χ2n) is 4.34. The zero-order chi connectivity index (χ0) is 14.0. The van der Waals surface area contributed by atoms with E-state index in [1.165, 1.54) is 16.7 Å². The lowest BCUT2D eigenvalue weighted by Crippen LogP contribution is -2.40. The highest BCUT2D eigenvalue weighted by Crippen LogP contribution is 2.27. The van der Waals surface area contributed by atoms with Crippen LogP contribution in [0.5, 0.6) is 0 Å². The standard InChI is InChI=1S/C13H14ClNO3S/c1-19-8-4-5-10(14)9(7-8)12(16)15-6-2-3-11(15)13(17)18/h4-5,7,11H,2-3,6H2,1H3,(H,17,18)/t11-/m0/s1. The molecule has 4 nitrogen and oxygen atoms in total. The van der Waals surface area contributed by atoms with E-state index in [9.17, 15) is 9.59 Å². The second kappa shape index (κ2) is 5.84. The van der Waals surface area contributed by atoms with Gasteiger partial charge in [0, 0.05) is 11.4 Å². The SMILES string of the molecule is CSc1ccc(Cl)c(C(=O)N2CCC[C@H]2C(=O)O)c1. The number of benzene rings is 1. The van der Waals surface area contributed by atoms with Crippen LogP contribution in [-0.4, -0.2) is 40.7 Å². The van der Waals surface area contributed by atoms with Gasteiger partial charge in [-0.3, -0.25) is 4.79 Å². The van der Waals surface area contributed by atoms with Gasteiger partial charge in [-0.25, -0.2) is 4.79 Å². The number of aliphatic carboxylic acids is 1. The highest BCUT2D eigenvalue weighted by Gasteiger charge is 2.35. The monoisotopic (exact) mass is 299 g/mol. The number of halogens is 1. The van der Waals surface area contributed by atoms with Gasteiger partial charge in [0.25, 0.3) is 5.91 Å². The molecule has 19 heavy (non-hydrogen) atoms. The Morgan fingerprint density at radius 1 is 1.47 bits per heavy atom. The van der Waals surface area contributed by atoms with E-state index in [4.69, 9.17) is 16.7 Å². The molecule has 0 saturated carbocycles. The second-order valence-corrected chi connectivity index (χ2v) is 5.63. The van der Waals surface area contributed by atoms with E-state index in [2.05, 4.69) is 0 Å². The molecule has 6 heteroatoms. The first-order chi connectivity index (χ1) is 9.04. The Hall–Kier alpha value is -1.20. The summed E-state index contributed by atoms with van der Waals surface area (Å²) in [6.45, 7) is 0.468. The Labute approximate surface area is 120 Å². The third-order valence-corrected chi connectivity index (χ3v) is 4.26. The van der Waals surface area contributed by atoms with Crippen LogP contribution in [0.4, 0.5) is 0 Å². The van der Waals surface area contributed by atoms with Crippen molar-refractivity contribution in [3.8, 4) is 0 Å². The summed E-state index contributed by atoms with van der Waals surface area (Å²) < 4.78 is 0. The number of carboxylic acids is 1. The largest absolute Gasteiger partial charge is 0.480 e. The molecule has 1 aromatic rings. The van der Waals surface area contributed by atoms with Gasteiger partial charge in [0.15, 0.2) is 0 Å². The number of carbonyl (C=O) groups excluding carboxylic acids is 1. The van der Waals surface area contributed by atoms with Crippen LogP contribution in [0.2, 0.25) is 5.02 Å². The molecule has 0 bridgehead atoms. The average molecular weight is 300 g/mol. The Bertz CT molecular complexity index is 521. The van der Waals surface area contributed by atoms with E-state index < -0.39 is 12.0 Å². The van der Waals surface area contributed by atoms with Gasteiger partial charge in [-0.15, -0.1) is 11.8 Å². The molecule has 0 aliphatic carbocycles. The summed E-state index contributed by atoms with van der Waals surface area (Å²) in [4.78, 5) is 25.9. The minimum atomic E-state index is -0.956. The normalized spacial score (nSPS) is 18.6. The van der Waals surface area contributed by atoms with E-state index in [0.717, 1.165) is 4.90 Å². The van der Waals surface area contributed by atoms with Crippen molar-refractivity contribution in [3.05, 3.63) is 28.8 Å². The topological polar surface area (TPSA) is 57.6 Å². The average Bonchev–Trinajstić information content (AvgIpc) is 2.88. The van der Waals surface area contributed by atoms with Gasteiger partial charge in [0.2, 0.25) is 0 Å². The summed E-state index contributed by atoms with van der Waals surface area (Å²) in [5.41, 5.74) is 0.377. The van der Waals surface area contributed by atoms with Crippen molar-refractivity contribution in [2.45, 2.75) is 23.8 Å². The van der Waals surface area contributed by atoms with Crippen LogP contribution in [-0.2, 0) is 4.79 Å². The first-order valence-electron chi connectivity index (χ1n) is 5.92. The predicted octanol–water partition coefficient (Wildman–Crippen LogP) is 2.75. The Balaban J connectivity index is 2.31. The molecular weight excluding hydrogens is 286 g/mol. The lowest BCUT2D eigenvalue weighted by Gasteiger charge is -2.22. The molecule has 0 aromatic heterocycles. The van der Waals surface area contributed by atoms with Crippen LogP contribution in [0, 0.1) is 0 Å². The van der Waals surface area contributed by atoms with Gasteiger partial charge < -0.3 is 10.0 Å². The molecule has 0 radical (unpaired) electrons. The number of hydrogen-bond acceptors (Lipinski definition) is 3. The fourth-order valence-electron chi connectivity index (χ4n) is 2.22. The van der Waals surface area contributed by atoms with Crippen molar-refractivity contribution in [2.24, 2.45) is 0 Å². The zero-order valence-corrected chi connectivity index (χ0v) is 12.0. The summed E-state index contributed by atoms with van der Waals surface area (Å²) in [5, 5.41) is 9.48. The molecule has 0 unspecified atom stereocenters. The number of carbonyl (C=O) groups is 2. The van der Waals surface area contributed by atoms with Gasteiger partial charge in [-0.05, 0) is 37.3 Å². The molecule has 1 aromatic carbocycles. The highest BCUT2D eigenvalue weighted by molar-refractivity contribution is 7.98. The fraction of sp³-hybridized carbons (Fsp3) is 0.385. The summed E-state index contributed by atoms with van der Waals surface area (Å²) in [6.07, 6.45) is 3.12. The molecule has 1 aliphatic heterocycles. The molecule has 1 saturated heterocycles. The lowest BCUT2D eigenvalue weighted by molar-refractivity contribution is -0.141. The summed E-state index contributed by atoms with van der Waals surface area (Å²) in [7, 11) is 0. The minimum absolute atomic E-state index is 0.300. The van der Waals surface area contributed by atoms with Gasteiger partial charge in [-0.2, -0.15) is 0 Å². The molecule has 1 fully saturated rings. The van der Waals surface area contributed by atoms with Crippen LogP contribution in [0.3, 0.4) is 0 Å². The van der Waals surface area contributed by atoms with Crippen LogP contribution in [0.15, 0.2) is 23.1 Å². The molecule has 0 spiro atoms. The predicted molar refractivity (Wildman–Crippen MR) is 74.9 cm³/mol. The van der Waals surface area contributed by atoms with E-state index in [1.54, 1.807) is 12.1 Å². The summed E-state index contributed by atoms with van der Waals surface area (Å²) in [5.74, 6) is -1.26. The third-order valence-electron chi connectivity index (χ3n) is 3.20. The maximum atomic E-state index is 12.4. The van der Waals surface area contributed by atoms with E-state index >= 15 is 0 Å². The number of hydrogen-bond donors (Lipinski definition) is 1. The van der Waals surface area contributed by atoms with E-state index in [0.29, 0.717) is 30.0 Å². The van der Waals surface area contributed by atoms with Gasteiger partial charge in [-0.1, -0.05) is 11.6 Å². The Kier molecular flexibility index (Phi) is 4.37.